The molecule has 1 amide bonds. The van der Waals surface area contributed by atoms with Crippen molar-refractivity contribution in [1.29, 1.82) is 0 Å². The number of nitrogens with two attached hydrogens (primary N) is 1. The largest absolute Gasteiger partial charge is 0.491 e. The van der Waals surface area contributed by atoms with Crippen molar-refractivity contribution in [1.82, 2.24) is 10.3 Å². The number of hydrogen-bond donors (Lipinski definition) is 3. The second-order valence-corrected chi connectivity index (χ2v) is 14.5. The van der Waals surface area contributed by atoms with Gasteiger partial charge in [0.25, 0.3) is 11.6 Å². The predicted molar refractivity (Wildman–Crippen MR) is 185 cm³/mol. The van der Waals surface area contributed by atoms with Crippen LogP contribution in [-0.4, -0.2) is 49.4 Å². The summed E-state index contributed by atoms with van der Waals surface area (Å²) in [6.07, 6.45) is -1.87. The van der Waals surface area contributed by atoms with Crippen molar-refractivity contribution in [2.45, 2.75) is 81.1 Å². The van der Waals surface area contributed by atoms with Gasteiger partial charge in [0, 0.05) is 29.4 Å². The first-order valence-corrected chi connectivity index (χ1v) is 18.0. The fourth-order valence-electron chi connectivity index (χ4n) is 6.02. The van der Waals surface area contributed by atoms with Crippen LogP contribution >= 0.6 is 0 Å². The zero-order chi connectivity index (χ0) is 37.0. The number of amides is 1. The number of alkyl halides is 3. The fourth-order valence-corrected chi connectivity index (χ4v) is 8.11. The van der Waals surface area contributed by atoms with Crippen LogP contribution in [0, 0.1) is 0 Å². The Bertz CT molecular complexity index is 2020. The maximum absolute atomic E-state index is 14.5. The highest BCUT2D eigenvalue weighted by atomic mass is 32.2. The lowest BCUT2D eigenvalue weighted by atomic mass is 9.99. The lowest BCUT2D eigenvalue weighted by Crippen LogP contribution is -2.54. The minimum Gasteiger partial charge on any atom is -0.490 e. The van der Waals surface area contributed by atoms with Gasteiger partial charge in [0.1, 0.15) is 5.82 Å². The molecule has 1 fully saturated rings. The molecule has 1 unspecified atom stereocenters. The normalized spacial score (nSPS) is 15.0. The Morgan fingerprint density at radius 2 is 1.73 bits per heavy atom. The molecule has 0 spiro atoms. The highest BCUT2D eigenvalue weighted by molar-refractivity contribution is 7.92. The van der Waals surface area contributed by atoms with E-state index in [1.54, 1.807) is 45.0 Å². The number of anilines is 2. The maximum Gasteiger partial charge on any atom is 0.491 e. The Morgan fingerprint density at radius 3 is 2.41 bits per heavy atom. The van der Waals surface area contributed by atoms with Crippen molar-refractivity contribution in [3.05, 3.63) is 84.1 Å². The van der Waals surface area contributed by atoms with E-state index in [1.165, 1.54) is 48.7 Å². The summed E-state index contributed by atoms with van der Waals surface area (Å²) in [4.78, 5) is 31.3. The minimum atomic E-state index is -5.51. The predicted octanol–water partition coefficient (Wildman–Crippen LogP) is 6.41. The van der Waals surface area contributed by atoms with E-state index in [0.717, 1.165) is 12.8 Å². The van der Waals surface area contributed by atoms with Gasteiger partial charge in [-0.15, -0.1) is 0 Å². The van der Waals surface area contributed by atoms with Crippen LogP contribution in [0.3, 0.4) is 0 Å². The Labute approximate surface area is 293 Å². The number of aromatic nitrogens is 1. The number of halogens is 3. The maximum atomic E-state index is 14.5. The standard InChI is InChI=1S/C36H39F3N4O7S/c1-4-48-30-20-25(13-16-29(30)49-22(2)3)35(50-34(45)36(37,38)39,43-26-14-15-28-23(19-26)17-18-41-32(28)40)33(44)42-21-24-9-5-8-12-31(24)51(46,47)27-10-6-7-11-27/h5,8-9,12-20,22,27,43H,4,6-7,10-11,21H2,1-3H3,(H2,40,41)(H,42,44). The lowest BCUT2D eigenvalue weighted by molar-refractivity contribution is -0.213. The zero-order valence-corrected chi connectivity index (χ0v) is 29.1. The van der Waals surface area contributed by atoms with Gasteiger partial charge in [-0.1, -0.05) is 31.0 Å². The third-order valence-corrected chi connectivity index (χ3v) is 10.7. The monoisotopic (exact) mass is 728 g/mol. The molecule has 0 bridgehead atoms. The number of nitrogen functional groups attached to an aromatic ring is 1. The number of carbonyl (C=O) groups is 2. The van der Waals surface area contributed by atoms with Crippen LogP contribution < -0.4 is 25.8 Å². The highest BCUT2D eigenvalue weighted by Crippen LogP contribution is 2.39. The van der Waals surface area contributed by atoms with Crippen molar-refractivity contribution in [2.75, 3.05) is 17.7 Å². The SMILES string of the molecule is CCOc1cc(C(Nc2ccc3c(N)nccc3c2)(OC(=O)C(F)(F)F)C(=O)NCc2ccccc2S(=O)(=O)C2CCCC2)ccc1OC(C)C. The van der Waals surface area contributed by atoms with E-state index in [2.05, 4.69) is 15.6 Å². The summed E-state index contributed by atoms with van der Waals surface area (Å²) in [5.74, 6) is -3.41. The molecular formula is C36H39F3N4O7S. The fraction of sp³-hybridized carbons (Fsp3) is 0.361. The van der Waals surface area contributed by atoms with Crippen LogP contribution in [0.5, 0.6) is 11.5 Å². The van der Waals surface area contributed by atoms with Gasteiger partial charge in [-0.2, -0.15) is 13.2 Å². The van der Waals surface area contributed by atoms with Gasteiger partial charge < -0.3 is 30.6 Å². The van der Waals surface area contributed by atoms with Gasteiger partial charge in [-0.3, -0.25) is 4.79 Å². The van der Waals surface area contributed by atoms with Crippen LogP contribution in [0.4, 0.5) is 24.7 Å². The number of ether oxygens (including phenoxy) is 3. The van der Waals surface area contributed by atoms with E-state index in [4.69, 9.17) is 19.9 Å². The molecule has 1 saturated carbocycles. The number of nitrogens with one attached hydrogen (secondary N) is 2. The number of hydrogen-bond acceptors (Lipinski definition) is 10. The van der Waals surface area contributed by atoms with Crippen LogP contribution in [0.2, 0.25) is 0 Å². The Hall–Kier alpha value is -5.05. The van der Waals surface area contributed by atoms with Gasteiger partial charge in [0.2, 0.25) is 0 Å². The number of esters is 1. The molecule has 4 aromatic rings. The number of fused-ring (bicyclic) bond motifs is 1. The average Bonchev–Trinajstić information content (AvgIpc) is 3.64. The molecular weight excluding hydrogens is 689 g/mol. The Balaban J connectivity index is 1.65. The quantitative estimate of drug-likeness (QED) is 0.104. The summed E-state index contributed by atoms with van der Waals surface area (Å²) in [5.41, 5.74) is 3.14. The van der Waals surface area contributed by atoms with Gasteiger partial charge >= 0.3 is 12.1 Å². The molecule has 3 aromatic carbocycles. The third kappa shape index (κ3) is 8.14. The number of carbonyl (C=O) groups excluding carboxylic acids is 2. The first-order valence-electron chi connectivity index (χ1n) is 16.4. The molecule has 51 heavy (non-hydrogen) atoms. The number of benzene rings is 3. The first-order chi connectivity index (χ1) is 24.2. The second-order valence-electron chi connectivity index (χ2n) is 12.3. The molecule has 1 aliphatic rings. The molecule has 4 N–H and O–H groups in total. The Kier molecular flexibility index (Phi) is 11.0. The van der Waals surface area contributed by atoms with Gasteiger partial charge in [-0.05, 0) is 93.1 Å². The van der Waals surface area contributed by atoms with Gasteiger partial charge in [0.15, 0.2) is 21.3 Å². The van der Waals surface area contributed by atoms with Crippen LogP contribution in [-0.2, 0) is 36.4 Å². The number of pyridine rings is 1. The molecule has 0 radical (unpaired) electrons. The molecule has 11 nitrogen and oxygen atoms in total. The van der Waals surface area contributed by atoms with Crippen molar-refractivity contribution >= 4 is 44.0 Å². The van der Waals surface area contributed by atoms with Crippen molar-refractivity contribution < 1.29 is 45.4 Å². The zero-order valence-electron chi connectivity index (χ0n) is 28.2. The summed E-state index contributed by atoms with van der Waals surface area (Å²) >= 11 is 0. The summed E-state index contributed by atoms with van der Waals surface area (Å²) in [7, 11) is -3.79. The molecule has 1 atom stereocenters. The molecule has 1 heterocycles. The summed E-state index contributed by atoms with van der Waals surface area (Å²) < 4.78 is 85.9. The lowest BCUT2D eigenvalue weighted by Gasteiger charge is -2.35. The second kappa shape index (κ2) is 15.1. The van der Waals surface area contributed by atoms with Gasteiger partial charge in [0.05, 0.1) is 22.9 Å². The first kappa shape index (κ1) is 37.2. The molecule has 272 valence electrons. The highest BCUT2D eigenvalue weighted by Gasteiger charge is 2.52. The topological polar surface area (TPSA) is 159 Å². The average molecular weight is 729 g/mol. The molecule has 0 aliphatic heterocycles. The van der Waals surface area contributed by atoms with E-state index in [-0.39, 0.29) is 51.7 Å². The number of nitrogens with zero attached hydrogens (tertiary/aromatic N) is 1. The summed E-state index contributed by atoms with van der Waals surface area (Å²) in [6.45, 7) is 4.90. The summed E-state index contributed by atoms with van der Waals surface area (Å²) in [6, 6.07) is 16.1. The molecule has 0 saturated heterocycles. The Morgan fingerprint density at radius 1 is 1.00 bits per heavy atom. The van der Waals surface area contributed by atoms with E-state index in [9.17, 15) is 31.2 Å². The van der Waals surface area contributed by atoms with E-state index in [0.29, 0.717) is 23.6 Å². The van der Waals surface area contributed by atoms with Gasteiger partial charge in [-0.25, -0.2) is 18.2 Å². The summed E-state index contributed by atoms with van der Waals surface area (Å²) in [5, 5.41) is 5.75. The molecule has 1 aromatic heterocycles. The van der Waals surface area contributed by atoms with E-state index >= 15 is 0 Å². The van der Waals surface area contributed by atoms with Crippen molar-refractivity contribution in [3.63, 3.8) is 0 Å². The smallest absolute Gasteiger partial charge is 0.490 e. The number of rotatable bonds is 13. The number of sulfone groups is 1. The van der Waals surface area contributed by atoms with Crippen molar-refractivity contribution in [2.24, 2.45) is 0 Å². The molecule has 15 heteroatoms. The van der Waals surface area contributed by atoms with Crippen LogP contribution in [0.25, 0.3) is 10.8 Å². The third-order valence-electron chi connectivity index (χ3n) is 8.38. The molecule has 1 aliphatic carbocycles. The van der Waals surface area contributed by atoms with Crippen molar-refractivity contribution in [3.8, 4) is 11.5 Å². The van der Waals surface area contributed by atoms with Crippen LogP contribution in [0.1, 0.15) is 57.6 Å². The van der Waals surface area contributed by atoms with Crippen LogP contribution in [0.15, 0.2) is 77.8 Å². The minimum absolute atomic E-state index is 0.00223. The van der Waals surface area contributed by atoms with E-state index in [1.807, 2.05) is 0 Å². The molecule has 5 rings (SSSR count). The van der Waals surface area contributed by atoms with E-state index < -0.39 is 45.4 Å².